The molecule has 26 heavy (non-hydrogen) atoms. The third-order valence-corrected chi connectivity index (χ3v) is 4.81. The van der Waals surface area contributed by atoms with Gasteiger partial charge in [-0.05, 0) is 32.8 Å². The van der Waals surface area contributed by atoms with E-state index in [0.717, 1.165) is 25.3 Å². The Hall–Kier alpha value is -2.32. The average molecular weight is 370 g/mol. The maximum Gasteiger partial charge on any atom is 0.435 e. The Morgan fingerprint density at radius 3 is 2.58 bits per heavy atom. The Balaban J connectivity index is 2.01. The van der Waals surface area contributed by atoms with Crippen molar-refractivity contribution in [2.24, 2.45) is 7.05 Å². The monoisotopic (exact) mass is 370 g/mol. The van der Waals surface area contributed by atoms with E-state index in [0.29, 0.717) is 35.7 Å². The van der Waals surface area contributed by atoms with E-state index in [1.54, 1.807) is 18.7 Å². The Bertz CT molecular complexity index is 790. The van der Waals surface area contributed by atoms with Crippen LogP contribution in [0.15, 0.2) is 10.6 Å². The Morgan fingerprint density at radius 1 is 1.27 bits per heavy atom. The van der Waals surface area contributed by atoms with Crippen LogP contribution in [0.2, 0.25) is 0 Å². The quantitative estimate of drug-likeness (QED) is 0.807. The molecule has 0 saturated carbocycles. The maximum absolute atomic E-state index is 13.1. The molecule has 0 radical (unpaired) electrons. The normalized spacial score (nSPS) is 18.8. The van der Waals surface area contributed by atoms with E-state index in [4.69, 9.17) is 4.52 Å². The highest BCUT2D eigenvalue weighted by molar-refractivity contribution is 5.96. The van der Waals surface area contributed by atoms with Crippen molar-refractivity contribution in [3.63, 3.8) is 0 Å². The molecule has 0 N–H and O–H groups in total. The molecule has 0 aromatic carbocycles. The van der Waals surface area contributed by atoms with Gasteiger partial charge >= 0.3 is 6.18 Å². The van der Waals surface area contributed by atoms with Crippen molar-refractivity contribution in [1.29, 1.82) is 0 Å². The van der Waals surface area contributed by atoms with Gasteiger partial charge < -0.3 is 9.42 Å². The Kier molecular flexibility index (Phi) is 4.81. The topological polar surface area (TPSA) is 64.2 Å². The van der Waals surface area contributed by atoms with Crippen molar-refractivity contribution in [2.75, 3.05) is 6.54 Å². The molecule has 1 atom stereocenters. The van der Waals surface area contributed by atoms with Crippen molar-refractivity contribution in [3.05, 3.63) is 34.5 Å². The highest BCUT2D eigenvalue weighted by Crippen LogP contribution is 2.35. The first-order valence-electron chi connectivity index (χ1n) is 8.55. The lowest BCUT2D eigenvalue weighted by Crippen LogP contribution is -2.36. The lowest BCUT2D eigenvalue weighted by molar-refractivity contribution is -0.141. The number of likely N-dealkylation sites (tertiary alicyclic amines) is 1. The van der Waals surface area contributed by atoms with Crippen LogP contribution in [0, 0.1) is 13.8 Å². The van der Waals surface area contributed by atoms with Crippen LogP contribution in [-0.2, 0) is 13.2 Å². The van der Waals surface area contributed by atoms with Crippen LogP contribution in [0.25, 0.3) is 0 Å². The van der Waals surface area contributed by atoms with Crippen LogP contribution in [0.3, 0.4) is 0 Å². The fraction of sp³-hybridized carbons (Fsp3) is 0.588. The molecular weight excluding hydrogens is 349 g/mol. The molecule has 3 rings (SSSR count). The van der Waals surface area contributed by atoms with Crippen LogP contribution in [-0.4, -0.2) is 32.3 Å². The summed E-state index contributed by atoms with van der Waals surface area (Å²) in [6.45, 7) is 3.81. The first-order valence-corrected chi connectivity index (χ1v) is 8.55. The first kappa shape index (κ1) is 18.5. The number of hydrogen-bond acceptors (Lipinski definition) is 4. The molecule has 142 valence electrons. The van der Waals surface area contributed by atoms with Crippen molar-refractivity contribution < 1.29 is 22.5 Å². The second-order valence-electron chi connectivity index (χ2n) is 6.64. The number of rotatable bonds is 2. The lowest BCUT2D eigenvalue weighted by Gasteiger charge is -2.30. The third kappa shape index (κ3) is 3.34. The van der Waals surface area contributed by atoms with E-state index in [9.17, 15) is 18.0 Å². The number of nitrogens with zero attached hydrogens (tertiary/aromatic N) is 4. The van der Waals surface area contributed by atoms with E-state index >= 15 is 0 Å². The summed E-state index contributed by atoms with van der Waals surface area (Å²) in [4.78, 5) is 14.8. The fourth-order valence-electron chi connectivity index (χ4n) is 3.52. The fourth-order valence-corrected chi connectivity index (χ4v) is 3.52. The summed E-state index contributed by atoms with van der Waals surface area (Å²) in [5.74, 6) is 0.152. The average Bonchev–Trinajstić information content (AvgIpc) is 3.00. The third-order valence-electron chi connectivity index (χ3n) is 4.81. The minimum absolute atomic E-state index is 0.261. The second kappa shape index (κ2) is 6.77. The van der Waals surface area contributed by atoms with Gasteiger partial charge in [0, 0.05) is 13.6 Å². The van der Waals surface area contributed by atoms with E-state index < -0.39 is 17.9 Å². The molecule has 2 aromatic heterocycles. The summed E-state index contributed by atoms with van der Waals surface area (Å²) < 4.78 is 45.4. The number of halogens is 3. The van der Waals surface area contributed by atoms with Gasteiger partial charge in [0.15, 0.2) is 5.69 Å². The summed E-state index contributed by atoms with van der Waals surface area (Å²) in [6, 6.07) is 0.580. The van der Waals surface area contributed by atoms with Gasteiger partial charge in [0.25, 0.3) is 5.91 Å². The molecule has 9 heteroatoms. The molecule has 6 nitrogen and oxygen atoms in total. The van der Waals surface area contributed by atoms with E-state index in [2.05, 4.69) is 10.3 Å². The van der Waals surface area contributed by atoms with Crippen LogP contribution in [0.1, 0.15) is 64.9 Å². The molecule has 1 saturated heterocycles. The number of alkyl halides is 3. The summed E-state index contributed by atoms with van der Waals surface area (Å²) >= 11 is 0. The van der Waals surface area contributed by atoms with Gasteiger partial charge in [0.05, 0.1) is 17.4 Å². The van der Waals surface area contributed by atoms with Gasteiger partial charge in [-0.25, -0.2) is 0 Å². The van der Waals surface area contributed by atoms with Crippen LogP contribution >= 0.6 is 0 Å². The van der Waals surface area contributed by atoms with Crippen LogP contribution in [0.5, 0.6) is 0 Å². The SMILES string of the molecule is Cc1noc(C)c1C(=O)N1CCCCC[C@H]1c1cc(C(F)(F)F)nn1C. The van der Waals surface area contributed by atoms with E-state index in [1.807, 2.05) is 0 Å². The maximum atomic E-state index is 13.1. The number of aryl methyl sites for hydroxylation is 3. The predicted octanol–water partition coefficient (Wildman–Crippen LogP) is 3.80. The molecule has 1 fully saturated rings. The molecule has 0 bridgehead atoms. The number of aromatic nitrogens is 3. The van der Waals surface area contributed by atoms with Crippen molar-refractivity contribution in [2.45, 2.75) is 51.7 Å². The summed E-state index contributed by atoms with van der Waals surface area (Å²) in [6.07, 6.45) is -1.37. The zero-order chi connectivity index (χ0) is 19.1. The van der Waals surface area contributed by atoms with Crippen molar-refractivity contribution in [3.8, 4) is 0 Å². The molecular formula is C17H21F3N4O2. The molecule has 2 aromatic rings. The van der Waals surface area contributed by atoms with E-state index in [1.165, 1.54) is 11.7 Å². The van der Waals surface area contributed by atoms with Crippen molar-refractivity contribution in [1.82, 2.24) is 19.8 Å². The molecule has 3 heterocycles. The first-order chi connectivity index (χ1) is 12.2. The molecule has 1 amide bonds. The number of carbonyl (C=O) groups excluding carboxylic acids is 1. The van der Waals surface area contributed by atoms with Gasteiger partial charge in [0.1, 0.15) is 11.3 Å². The van der Waals surface area contributed by atoms with Gasteiger partial charge in [-0.15, -0.1) is 0 Å². The molecule has 1 aliphatic rings. The van der Waals surface area contributed by atoms with Gasteiger partial charge in [-0.1, -0.05) is 18.0 Å². The molecule has 0 spiro atoms. The molecule has 0 unspecified atom stereocenters. The van der Waals surface area contributed by atoms with Crippen LogP contribution < -0.4 is 0 Å². The number of hydrogen-bond donors (Lipinski definition) is 0. The lowest BCUT2D eigenvalue weighted by atomic mass is 10.0. The summed E-state index contributed by atoms with van der Waals surface area (Å²) in [5.41, 5.74) is 0.315. The molecule has 1 aliphatic heterocycles. The largest absolute Gasteiger partial charge is 0.435 e. The minimum Gasteiger partial charge on any atom is -0.361 e. The Labute approximate surface area is 148 Å². The highest BCUT2D eigenvalue weighted by Gasteiger charge is 2.38. The molecule has 0 aliphatic carbocycles. The zero-order valence-corrected chi connectivity index (χ0v) is 14.9. The van der Waals surface area contributed by atoms with Crippen LogP contribution in [0.4, 0.5) is 13.2 Å². The van der Waals surface area contributed by atoms with Gasteiger partial charge in [-0.3, -0.25) is 9.48 Å². The Morgan fingerprint density at radius 2 is 2.00 bits per heavy atom. The number of carbonyl (C=O) groups is 1. The second-order valence-corrected chi connectivity index (χ2v) is 6.64. The zero-order valence-electron chi connectivity index (χ0n) is 14.9. The van der Waals surface area contributed by atoms with E-state index in [-0.39, 0.29) is 5.91 Å². The minimum atomic E-state index is -4.52. The predicted molar refractivity (Wildman–Crippen MR) is 86.4 cm³/mol. The summed E-state index contributed by atoms with van der Waals surface area (Å²) in [7, 11) is 1.48. The standard InChI is InChI=1S/C17H21F3N4O2/c1-10-15(11(2)26-22-10)16(25)24-8-6-4-5-7-12(24)13-9-14(17(18,19)20)21-23(13)3/h9,12H,4-8H2,1-3H3/t12-/m0/s1. The number of amides is 1. The highest BCUT2D eigenvalue weighted by atomic mass is 19.4. The van der Waals surface area contributed by atoms with Gasteiger partial charge in [0.2, 0.25) is 0 Å². The van der Waals surface area contributed by atoms with Crippen molar-refractivity contribution >= 4 is 5.91 Å². The smallest absolute Gasteiger partial charge is 0.361 e. The summed E-state index contributed by atoms with van der Waals surface area (Å²) in [5, 5.41) is 7.42. The van der Waals surface area contributed by atoms with Gasteiger partial charge in [-0.2, -0.15) is 18.3 Å².